The summed E-state index contributed by atoms with van der Waals surface area (Å²) in [6, 6.07) is 18.8. The third-order valence-electron chi connectivity index (χ3n) is 6.65. The third-order valence-corrected chi connectivity index (χ3v) is 7.45. The number of amides is 1. The highest BCUT2D eigenvalue weighted by Crippen LogP contribution is 2.37. The van der Waals surface area contributed by atoms with E-state index in [4.69, 9.17) is 9.47 Å². The predicted octanol–water partition coefficient (Wildman–Crippen LogP) is 4.95. The Morgan fingerprint density at radius 3 is 2.11 bits per heavy atom. The smallest absolute Gasteiger partial charge is 0.410 e. The second-order valence-corrected chi connectivity index (χ2v) is 11.0. The minimum atomic E-state index is -0.910. The van der Waals surface area contributed by atoms with Crippen LogP contribution in [-0.2, 0) is 33.3 Å². The number of ether oxygens (including phenoxy) is 2. The molecule has 0 spiro atoms. The average molecular weight is 570 g/mol. The van der Waals surface area contributed by atoms with Crippen molar-refractivity contribution in [3.63, 3.8) is 0 Å². The minimum Gasteiger partial charge on any atom is -0.458 e. The molecule has 0 saturated carbocycles. The van der Waals surface area contributed by atoms with Gasteiger partial charge in [0.2, 0.25) is 0 Å². The molecule has 2 aromatic carbocycles. The first-order valence-electron chi connectivity index (χ1n) is 12.3. The SMILES string of the molecule is Cn1c(COC(=O)C2(c3ccccc3)CCN(C(=O)OC(C)(C)C)CC2)c(Br)c(=O)n1-c1ccccc1. The zero-order valence-electron chi connectivity index (χ0n) is 21.6. The highest BCUT2D eigenvalue weighted by atomic mass is 79.9. The number of hydrogen-bond donors (Lipinski definition) is 0. The first-order chi connectivity index (χ1) is 17.5. The Morgan fingerprint density at radius 1 is 0.973 bits per heavy atom. The largest absolute Gasteiger partial charge is 0.458 e. The number of piperidine rings is 1. The van der Waals surface area contributed by atoms with E-state index in [9.17, 15) is 14.4 Å². The lowest BCUT2D eigenvalue weighted by Crippen LogP contribution is -2.50. The molecular formula is C28H32BrN3O5. The van der Waals surface area contributed by atoms with Gasteiger partial charge in [-0.25, -0.2) is 9.48 Å². The van der Waals surface area contributed by atoms with E-state index < -0.39 is 11.0 Å². The number of esters is 1. The van der Waals surface area contributed by atoms with Gasteiger partial charge in [0.1, 0.15) is 16.7 Å². The van der Waals surface area contributed by atoms with E-state index in [1.807, 2.05) is 81.4 Å². The zero-order chi connectivity index (χ0) is 26.8. The van der Waals surface area contributed by atoms with Crippen LogP contribution in [0, 0.1) is 0 Å². The van der Waals surface area contributed by atoms with Crippen molar-refractivity contribution >= 4 is 28.0 Å². The lowest BCUT2D eigenvalue weighted by atomic mass is 9.73. The molecule has 1 aromatic heterocycles. The molecule has 1 aliphatic rings. The van der Waals surface area contributed by atoms with E-state index in [1.54, 1.807) is 16.6 Å². The van der Waals surface area contributed by atoms with E-state index in [1.165, 1.54) is 4.68 Å². The summed E-state index contributed by atoms with van der Waals surface area (Å²) in [4.78, 5) is 40.9. The maximum Gasteiger partial charge on any atom is 0.410 e. The van der Waals surface area contributed by atoms with Gasteiger partial charge in [0.05, 0.1) is 16.8 Å². The Kier molecular flexibility index (Phi) is 7.64. The molecule has 9 heteroatoms. The lowest BCUT2D eigenvalue weighted by molar-refractivity contribution is -0.154. The van der Waals surface area contributed by atoms with E-state index in [0.717, 1.165) is 5.56 Å². The molecule has 1 fully saturated rings. The van der Waals surface area contributed by atoms with Crippen molar-refractivity contribution in [2.45, 2.75) is 51.2 Å². The molecule has 196 valence electrons. The molecule has 1 aliphatic heterocycles. The van der Waals surface area contributed by atoms with Crippen molar-refractivity contribution in [1.82, 2.24) is 14.3 Å². The Hall–Kier alpha value is -3.33. The van der Waals surface area contributed by atoms with Crippen LogP contribution in [-0.4, -0.2) is 45.0 Å². The van der Waals surface area contributed by atoms with Gasteiger partial charge in [-0.05, 0) is 67.2 Å². The second kappa shape index (κ2) is 10.6. The molecule has 1 saturated heterocycles. The first-order valence-corrected chi connectivity index (χ1v) is 13.1. The molecule has 0 radical (unpaired) electrons. The number of para-hydroxylation sites is 1. The molecule has 0 unspecified atom stereocenters. The summed E-state index contributed by atoms with van der Waals surface area (Å²) in [5.41, 5.74) is 0.373. The van der Waals surface area contributed by atoms with Crippen LogP contribution in [0.4, 0.5) is 4.79 Å². The van der Waals surface area contributed by atoms with Gasteiger partial charge in [-0.2, -0.15) is 0 Å². The van der Waals surface area contributed by atoms with Crippen LogP contribution < -0.4 is 5.56 Å². The molecule has 0 bridgehead atoms. The van der Waals surface area contributed by atoms with Crippen LogP contribution >= 0.6 is 15.9 Å². The lowest BCUT2D eigenvalue weighted by Gasteiger charge is -2.40. The van der Waals surface area contributed by atoms with Crippen molar-refractivity contribution in [1.29, 1.82) is 0 Å². The summed E-state index contributed by atoms with van der Waals surface area (Å²) in [5.74, 6) is -0.380. The highest BCUT2D eigenvalue weighted by molar-refractivity contribution is 9.10. The van der Waals surface area contributed by atoms with Crippen molar-refractivity contribution < 1.29 is 19.1 Å². The van der Waals surface area contributed by atoms with Gasteiger partial charge in [-0.1, -0.05) is 48.5 Å². The van der Waals surface area contributed by atoms with Crippen LogP contribution in [0.2, 0.25) is 0 Å². The molecule has 0 N–H and O–H groups in total. The third kappa shape index (κ3) is 5.51. The van der Waals surface area contributed by atoms with Crippen molar-refractivity contribution in [2.24, 2.45) is 7.05 Å². The van der Waals surface area contributed by atoms with E-state index in [-0.39, 0.29) is 24.2 Å². The topological polar surface area (TPSA) is 82.8 Å². The molecule has 0 atom stereocenters. The Morgan fingerprint density at radius 2 is 1.54 bits per heavy atom. The van der Waals surface area contributed by atoms with Gasteiger partial charge >= 0.3 is 12.1 Å². The summed E-state index contributed by atoms with van der Waals surface area (Å²) in [6.45, 7) is 6.15. The summed E-state index contributed by atoms with van der Waals surface area (Å²) >= 11 is 3.40. The van der Waals surface area contributed by atoms with Gasteiger partial charge < -0.3 is 14.4 Å². The number of benzene rings is 2. The monoisotopic (exact) mass is 569 g/mol. The fourth-order valence-electron chi connectivity index (χ4n) is 4.67. The maximum absolute atomic E-state index is 13.7. The number of aromatic nitrogens is 2. The molecule has 1 amide bonds. The Balaban J connectivity index is 1.56. The number of carbonyl (C=O) groups excluding carboxylic acids is 2. The maximum atomic E-state index is 13.7. The van der Waals surface area contributed by atoms with Gasteiger partial charge in [0.15, 0.2) is 0 Å². The molecule has 4 rings (SSSR count). The summed E-state index contributed by atoms with van der Waals surface area (Å²) in [7, 11) is 1.76. The van der Waals surface area contributed by atoms with Crippen molar-refractivity contribution in [2.75, 3.05) is 13.1 Å². The molecule has 37 heavy (non-hydrogen) atoms. The van der Waals surface area contributed by atoms with Gasteiger partial charge in [0.25, 0.3) is 5.56 Å². The number of carbonyl (C=O) groups is 2. The van der Waals surface area contributed by atoms with Gasteiger partial charge in [-0.3, -0.25) is 14.3 Å². The zero-order valence-corrected chi connectivity index (χ0v) is 23.2. The molecule has 2 heterocycles. The molecule has 0 aliphatic carbocycles. The molecular weight excluding hydrogens is 538 g/mol. The van der Waals surface area contributed by atoms with Crippen LogP contribution in [0.3, 0.4) is 0 Å². The number of halogens is 1. The van der Waals surface area contributed by atoms with Crippen LogP contribution in [0.15, 0.2) is 69.9 Å². The number of nitrogens with zero attached hydrogens (tertiary/aromatic N) is 3. The Bertz CT molecular complexity index is 1320. The van der Waals surface area contributed by atoms with Crippen LogP contribution in [0.1, 0.15) is 44.9 Å². The Labute approximate surface area is 224 Å². The average Bonchev–Trinajstić information content (AvgIpc) is 3.09. The standard InChI is InChI=1S/C28H32BrN3O5/c1-27(2,3)37-26(35)31-17-15-28(16-18-31,20-11-7-5-8-12-20)25(34)36-19-22-23(29)24(33)32(30(22)4)21-13-9-6-10-14-21/h5-14H,15-19H2,1-4H3. The minimum absolute atomic E-state index is 0.0741. The fourth-order valence-corrected chi connectivity index (χ4v) is 5.21. The molecule has 8 nitrogen and oxygen atoms in total. The first kappa shape index (κ1) is 26.7. The summed E-state index contributed by atoms with van der Waals surface area (Å²) in [5, 5.41) is 0. The predicted molar refractivity (Wildman–Crippen MR) is 144 cm³/mol. The van der Waals surface area contributed by atoms with Gasteiger partial charge in [0, 0.05) is 20.1 Å². The normalized spacial score (nSPS) is 15.3. The summed E-state index contributed by atoms with van der Waals surface area (Å²) < 4.78 is 15.0. The van der Waals surface area contributed by atoms with E-state index in [0.29, 0.717) is 41.8 Å². The molecule has 3 aromatic rings. The highest BCUT2D eigenvalue weighted by Gasteiger charge is 2.45. The summed E-state index contributed by atoms with van der Waals surface area (Å²) in [6.07, 6.45) is 0.421. The van der Waals surface area contributed by atoms with E-state index in [2.05, 4.69) is 15.9 Å². The van der Waals surface area contributed by atoms with Crippen molar-refractivity contribution in [3.8, 4) is 5.69 Å². The van der Waals surface area contributed by atoms with E-state index >= 15 is 0 Å². The number of likely N-dealkylation sites (tertiary alicyclic amines) is 1. The number of rotatable bonds is 5. The second-order valence-electron chi connectivity index (χ2n) is 10.2. The van der Waals surface area contributed by atoms with Crippen LogP contribution in [0.25, 0.3) is 5.69 Å². The fraction of sp³-hybridized carbons (Fsp3) is 0.393. The van der Waals surface area contributed by atoms with Crippen LogP contribution in [0.5, 0.6) is 0 Å². The number of hydrogen-bond acceptors (Lipinski definition) is 5. The van der Waals surface area contributed by atoms with Crippen molar-refractivity contribution in [3.05, 3.63) is 86.7 Å². The van der Waals surface area contributed by atoms with Gasteiger partial charge in [-0.15, -0.1) is 0 Å². The quantitative estimate of drug-likeness (QED) is 0.406.